The highest BCUT2D eigenvalue weighted by Gasteiger charge is 2.32. The van der Waals surface area contributed by atoms with E-state index in [1.54, 1.807) is 29.2 Å². The maximum Gasteiger partial charge on any atom is 0.241 e. The summed E-state index contributed by atoms with van der Waals surface area (Å²) in [6, 6.07) is 7.03. The molecule has 132 valence electrons. The van der Waals surface area contributed by atoms with Crippen molar-refractivity contribution in [3.8, 4) is 5.75 Å². The van der Waals surface area contributed by atoms with E-state index in [4.69, 9.17) is 16.3 Å². The SMILES string of the molecule is CC(=O)NCC(=O)N1CCCC(O)(COc2cccc(Cl)c2)CC1. The molecule has 1 aromatic carbocycles. The number of rotatable bonds is 5. The molecular weight excluding hydrogens is 332 g/mol. The highest BCUT2D eigenvalue weighted by molar-refractivity contribution is 6.30. The van der Waals surface area contributed by atoms with Crippen LogP contribution in [0.3, 0.4) is 0 Å². The highest BCUT2D eigenvalue weighted by atomic mass is 35.5. The molecule has 0 aliphatic carbocycles. The molecule has 1 aliphatic rings. The number of benzene rings is 1. The molecule has 1 fully saturated rings. The Labute approximate surface area is 146 Å². The number of amides is 2. The van der Waals surface area contributed by atoms with Gasteiger partial charge in [-0.25, -0.2) is 0 Å². The lowest BCUT2D eigenvalue weighted by atomic mass is 9.96. The number of hydrogen-bond donors (Lipinski definition) is 2. The third-order valence-corrected chi connectivity index (χ3v) is 4.30. The minimum absolute atomic E-state index is 0.00717. The summed E-state index contributed by atoms with van der Waals surface area (Å²) >= 11 is 5.92. The number of carbonyl (C=O) groups is 2. The Morgan fingerprint density at radius 3 is 2.88 bits per heavy atom. The molecule has 1 atom stereocenters. The molecule has 1 unspecified atom stereocenters. The number of carbonyl (C=O) groups excluding carboxylic acids is 2. The van der Waals surface area contributed by atoms with Gasteiger partial charge in [0.15, 0.2) is 0 Å². The second-order valence-corrected chi connectivity index (χ2v) is 6.55. The summed E-state index contributed by atoms with van der Waals surface area (Å²) < 4.78 is 5.66. The number of nitrogens with zero attached hydrogens (tertiary/aromatic N) is 1. The molecule has 6 nitrogen and oxygen atoms in total. The topological polar surface area (TPSA) is 78.9 Å². The molecule has 0 bridgehead atoms. The van der Waals surface area contributed by atoms with Gasteiger partial charge >= 0.3 is 0 Å². The van der Waals surface area contributed by atoms with E-state index < -0.39 is 5.60 Å². The molecule has 2 amide bonds. The first-order valence-electron chi connectivity index (χ1n) is 8.01. The van der Waals surface area contributed by atoms with Crippen molar-refractivity contribution in [2.45, 2.75) is 31.8 Å². The van der Waals surface area contributed by atoms with Crippen LogP contribution in [0.5, 0.6) is 5.75 Å². The van der Waals surface area contributed by atoms with Crippen LogP contribution in [0.25, 0.3) is 0 Å². The zero-order chi connectivity index (χ0) is 17.6. The van der Waals surface area contributed by atoms with Gasteiger partial charge in [0.2, 0.25) is 11.8 Å². The van der Waals surface area contributed by atoms with Crippen LogP contribution >= 0.6 is 11.6 Å². The van der Waals surface area contributed by atoms with Gasteiger partial charge in [0.05, 0.1) is 6.54 Å². The largest absolute Gasteiger partial charge is 0.491 e. The molecule has 24 heavy (non-hydrogen) atoms. The van der Waals surface area contributed by atoms with Crippen molar-refractivity contribution >= 4 is 23.4 Å². The van der Waals surface area contributed by atoms with Crippen LogP contribution in [0.4, 0.5) is 0 Å². The molecule has 1 aliphatic heterocycles. The predicted molar refractivity (Wildman–Crippen MR) is 91.0 cm³/mol. The van der Waals surface area contributed by atoms with Crippen LogP contribution in [-0.2, 0) is 9.59 Å². The van der Waals surface area contributed by atoms with Crippen molar-refractivity contribution in [3.05, 3.63) is 29.3 Å². The molecule has 1 heterocycles. The molecule has 0 spiro atoms. The summed E-state index contributed by atoms with van der Waals surface area (Å²) in [5.74, 6) is 0.244. The van der Waals surface area contributed by atoms with E-state index in [1.165, 1.54) is 6.92 Å². The second-order valence-electron chi connectivity index (χ2n) is 6.11. The molecule has 1 aromatic rings. The molecule has 2 N–H and O–H groups in total. The summed E-state index contributed by atoms with van der Waals surface area (Å²) in [7, 11) is 0. The van der Waals surface area contributed by atoms with Crippen molar-refractivity contribution in [1.82, 2.24) is 10.2 Å². The van der Waals surface area contributed by atoms with Gasteiger partial charge in [-0.05, 0) is 37.5 Å². The Balaban J connectivity index is 1.86. The fraction of sp³-hybridized carbons (Fsp3) is 0.529. The fourth-order valence-corrected chi connectivity index (χ4v) is 2.84. The third kappa shape index (κ3) is 5.69. The number of nitrogens with one attached hydrogen (secondary N) is 1. The second kappa shape index (κ2) is 8.35. The van der Waals surface area contributed by atoms with E-state index in [0.29, 0.717) is 43.1 Å². The van der Waals surface area contributed by atoms with Gasteiger partial charge in [-0.15, -0.1) is 0 Å². The van der Waals surface area contributed by atoms with Crippen LogP contribution in [0.2, 0.25) is 5.02 Å². The van der Waals surface area contributed by atoms with E-state index in [2.05, 4.69) is 5.32 Å². The first-order chi connectivity index (χ1) is 11.4. The van der Waals surface area contributed by atoms with Crippen molar-refractivity contribution < 1.29 is 19.4 Å². The van der Waals surface area contributed by atoms with Gasteiger partial charge in [0, 0.05) is 25.0 Å². The minimum atomic E-state index is -0.981. The van der Waals surface area contributed by atoms with Gasteiger partial charge < -0.3 is 20.1 Å². The Morgan fingerprint density at radius 2 is 2.17 bits per heavy atom. The lowest BCUT2D eigenvalue weighted by Gasteiger charge is -2.27. The Kier molecular flexibility index (Phi) is 6.45. The molecular formula is C17H23ClN2O4. The van der Waals surface area contributed by atoms with Crippen LogP contribution in [0, 0.1) is 0 Å². The smallest absolute Gasteiger partial charge is 0.241 e. The first-order valence-corrected chi connectivity index (χ1v) is 8.39. The highest BCUT2D eigenvalue weighted by Crippen LogP contribution is 2.25. The van der Waals surface area contributed by atoms with E-state index in [1.807, 2.05) is 0 Å². The van der Waals surface area contributed by atoms with Crippen LogP contribution in [0.1, 0.15) is 26.2 Å². The zero-order valence-corrected chi connectivity index (χ0v) is 14.5. The minimum Gasteiger partial charge on any atom is -0.491 e. The lowest BCUT2D eigenvalue weighted by molar-refractivity contribution is -0.132. The third-order valence-electron chi connectivity index (χ3n) is 4.06. The van der Waals surface area contributed by atoms with Crippen molar-refractivity contribution in [2.24, 2.45) is 0 Å². The quantitative estimate of drug-likeness (QED) is 0.841. The Hall–Kier alpha value is -1.79. The average Bonchev–Trinajstić information content (AvgIpc) is 2.73. The fourth-order valence-electron chi connectivity index (χ4n) is 2.66. The Morgan fingerprint density at radius 1 is 1.38 bits per heavy atom. The van der Waals surface area contributed by atoms with E-state index >= 15 is 0 Å². The summed E-state index contributed by atoms with van der Waals surface area (Å²) in [4.78, 5) is 24.6. The van der Waals surface area contributed by atoms with Gasteiger partial charge in [-0.3, -0.25) is 9.59 Å². The van der Waals surface area contributed by atoms with Crippen LogP contribution < -0.4 is 10.1 Å². The molecule has 0 saturated carbocycles. The molecule has 0 radical (unpaired) electrons. The van der Waals surface area contributed by atoms with Gasteiger partial charge in [0.25, 0.3) is 0 Å². The first kappa shape index (κ1) is 18.5. The molecule has 2 rings (SSSR count). The van der Waals surface area contributed by atoms with E-state index in [9.17, 15) is 14.7 Å². The molecule has 1 saturated heterocycles. The van der Waals surface area contributed by atoms with Gasteiger partial charge in [-0.1, -0.05) is 17.7 Å². The van der Waals surface area contributed by atoms with Crippen molar-refractivity contribution in [1.29, 1.82) is 0 Å². The molecule has 0 aromatic heterocycles. The van der Waals surface area contributed by atoms with E-state index in [0.717, 1.165) is 0 Å². The number of halogens is 1. The summed E-state index contributed by atoms with van der Waals surface area (Å²) in [5, 5.41) is 13.8. The number of ether oxygens (including phenoxy) is 1. The maximum atomic E-state index is 12.1. The number of hydrogen-bond acceptors (Lipinski definition) is 4. The van der Waals surface area contributed by atoms with Crippen LogP contribution in [0.15, 0.2) is 24.3 Å². The number of likely N-dealkylation sites (tertiary alicyclic amines) is 1. The molecule has 7 heteroatoms. The predicted octanol–water partition coefficient (Wildman–Crippen LogP) is 1.60. The van der Waals surface area contributed by atoms with Crippen molar-refractivity contribution in [2.75, 3.05) is 26.2 Å². The zero-order valence-electron chi connectivity index (χ0n) is 13.8. The summed E-state index contributed by atoms with van der Waals surface area (Å²) in [6.45, 7) is 2.53. The normalized spacial score (nSPS) is 21.0. The van der Waals surface area contributed by atoms with Crippen LogP contribution in [-0.4, -0.2) is 53.7 Å². The summed E-state index contributed by atoms with van der Waals surface area (Å²) in [6.07, 6.45) is 1.66. The van der Waals surface area contributed by atoms with Gasteiger partial charge in [0.1, 0.15) is 18.0 Å². The van der Waals surface area contributed by atoms with Gasteiger partial charge in [-0.2, -0.15) is 0 Å². The summed E-state index contributed by atoms with van der Waals surface area (Å²) in [5.41, 5.74) is -0.981. The van der Waals surface area contributed by atoms with Crippen molar-refractivity contribution in [3.63, 3.8) is 0 Å². The monoisotopic (exact) mass is 354 g/mol. The Bertz CT molecular complexity index is 596. The lowest BCUT2D eigenvalue weighted by Crippen LogP contribution is -2.41. The van der Waals surface area contributed by atoms with E-state index in [-0.39, 0.29) is 25.0 Å². The average molecular weight is 355 g/mol. The maximum absolute atomic E-state index is 12.1. The number of aliphatic hydroxyl groups is 1. The standard InChI is InChI=1S/C17H23ClN2O4/c1-13(21)19-11-16(22)20-8-3-6-17(23,7-9-20)12-24-15-5-2-4-14(18)10-15/h2,4-5,10,23H,3,6-9,11-12H2,1H3,(H,19,21).